The minimum absolute atomic E-state index is 0.777. The van der Waals surface area contributed by atoms with E-state index < -0.39 is 0 Å². The average Bonchev–Trinajstić information content (AvgIpc) is 2.37. The van der Waals surface area contributed by atoms with Crippen LogP contribution >= 0.6 is 11.8 Å². The van der Waals surface area contributed by atoms with Gasteiger partial charge in [-0.05, 0) is 62.0 Å². The minimum atomic E-state index is 0.777. The van der Waals surface area contributed by atoms with E-state index in [2.05, 4.69) is 37.8 Å². The second-order valence-electron chi connectivity index (χ2n) is 6.07. The highest BCUT2D eigenvalue weighted by atomic mass is 32.2. The summed E-state index contributed by atoms with van der Waals surface area (Å²) < 4.78 is 0. The van der Waals surface area contributed by atoms with Crippen LogP contribution < -0.4 is 5.32 Å². The quantitative estimate of drug-likeness (QED) is 0.651. The van der Waals surface area contributed by atoms with Crippen LogP contribution in [0.3, 0.4) is 0 Å². The van der Waals surface area contributed by atoms with Crippen molar-refractivity contribution >= 4 is 11.8 Å². The van der Waals surface area contributed by atoms with Gasteiger partial charge in [-0.2, -0.15) is 11.8 Å². The molecule has 1 heterocycles. The molecule has 1 fully saturated rings. The van der Waals surface area contributed by atoms with Crippen LogP contribution in [-0.2, 0) is 0 Å². The number of nitrogens with one attached hydrogen (secondary N) is 1. The van der Waals surface area contributed by atoms with Gasteiger partial charge >= 0.3 is 0 Å². The first-order valence-corrected chi connectivity index (χ1v) is 9.22. The molecule has 18 heavy (non-hydrogen) atoms. The molecule has 1 aliphatic heterocycles. The highest BCUT2D eigenvalue weighted by Gasteiger charge is 2.20. The Hall–Kier alpha value is 0.310. The van der Waals surface area contributed by atoms with Crippen molar-refractivity contribution in [2.24, 2.45) is 11.8 Å². The molecule has 0 amide bonds. The molecule has 1 saturated heterocycles. The number of thioether (sulfide) groups is 1. The Kier molecular flexibility index (Phi) is 9.22. The first kappa shape index (κ1) is 16.4. The van der Waals surface area contributed by atoms with Crippen molar-refractivity contribution in [3.8, 4) is 0 Å². The van der Waals surface area contributed by atoms with Crippen molar-refractivity contribution in [1.29, 1.82) is 0 Å². The van der Waals surface area contributed by atoms with E-state index in [1.54, 1.807) is 0 Å². The van der Waals surface area contributed by atoms with Gasteiger partial charge in [0.2, 0.25) is 0 Å². The van der Waals surface area contributed by atoms with Crippen molar-refractivity contribution in [3.63, 3.8) is 0 Å². The molecule has 0 aromatic rings. The highest BCUT2D eigenvalue weighted by molar-refractivity contribution is 7.99. The van der Waals surface area contributed by atoms with Crippen LogP contribution in [-0.4, -0.2) is 24.1 Å². The Morgan fingerprint density at radius 1 is 1.17 bits per heavy atom. The fourth-order valence-corrected chi connectivity index (χ4v) is 4.30. The van der Waals surface area contributed by atoms with Gasteiger partial charge < -0.3 is 5.32 Å². The molecule has 1 N–H and O–H groups in total. The maximum atomic E-state index is 3.80. The zero-order valence-corrected chi connectivity index (χ0v) is 13.5. The predicted octanol–water partition coefficient (Wildman–Crippen LogP) is 4.71. The van der Waals surface area contributed by atoms with Crippen LogP contribution in [0.25, 0.3) is 0 Å². The van der Waals surface area contributed by atoms with Gasteiger partial charge in [0.05, 0.1) is 0 Å². The molecule has 108 valence electrons. The molecule has 0 aromatic heterocycles. The molecular weight excluding hydrogens is 238 g/mol. The first-order chi connectivity index (χ1) is 8.76. The Balaban J connectivity index is 2.33. The lowest BCUT2D eigenvalue weighted by atomic mass is 9.88. The average molecular weight is 272 g/mol. The van der Waals surface area contributed by atoms with Crippen LogP contribution in [0.2, 0.25) is 0 Å². The third-order valence-electron chi connectivity index (χ3n) is 4.11. The van der Waals surface area contributed by atoms with E-state index in [-0.39, 0.29) is 0 Å². The largest absolute Gasteiger partial charge is 0.314 e. The fourth-order valence-electron chi connectivity index (χ4n) is 3.09. The molecule has 1 rings (SSSR count). The molecule has 0 spiro atoms. The maximum absolute atomic E-state index is 3.80. The van der Waals surface area contributed by atoms with Gasteiger partial charge in [0, 0.05) is 6.04 Å². The van der Waals surface area contributed by atoms with E-state index in [1.165, 1.54) is 63.0 Å². The maximum Gasteiger partial charge on any atom is 0.00722 e. The van der Waals surface area contributed by atoms with Crippen LogP contribution in [0.5, 0.6) is 0 Å². The van der Waals surface area contributed by atoms with Gasteiger partial charge in [0.25, 0.3) is 0 Å². The Bertz CT molecular complexity index is 190. The molecule has 2 unspecified atom stereocenters. The topological polar surface area (TPSA) is 12.0 Å². The second kappa shape index (κ2) is 10.1. The zero-order valence-electron chi connectivity index (χ0n) is 12.7. The van der Waals surface area contributed by atoms with E-state index in [1.807, 2.05) is 0 Å². The standard InChI is InChI=1S/C16H33NS/c1-4-6-14(3)12-16(17-9-5-2)13-15-7-10-18-11-8-15/h14-17H,4-13H2,1-3H3. The monoisotopic (exact) mass is 271 g/mol. The van der Waals surface area contributed by atoms with Crippen molar-refractivity contribution in [2.75, 3.05) is 18.1 Å². The number of hydrogen-bond donors (Lipinski definition) is 1. The highest BCUT2D eigenvalue weighted by Crippen LogP contribution is 2.28. The van der Waals surface area contributed by atoms with Crippen molar-refractivity contribution in [2.45, 2.75) is 71.8 Å². The summed E-state index contributed by atoms with van der Waals surface area (Å²) in [5.41, 5.74) is 0. The molecule has 2 atom stereocenters. The Morgan fingerprint density at radius 2 is 1.89 bits per heavy atom. The number of rotatable bonds is 9. The molecule has 0 aromatic carbocycles. The number of hydrogen-bond acceptors (Lipinski definition) is 2. The van der Waals surface area contributed by atoms with Crippen molar-refractivity contribution in [3.05, 3.63) is 0 Å². The van der Waals surface area contributed by atoms with Crippen LogP contribution in [0.15, 0.2) is 0 Å². The smallest absolute Gasteiger partial charge is 0.00722 e. The van der Waals surface area contributed by atoms with E-state index >= 15 is 0 Å². The minimum Gasteiger partial charge on any atom is -0.314 e. The molecule has 2 heteroatoms. The van der Waals surface area contributed by atoms with Gasteiger partial charge in [-0.1, -0.05) is 33.6 Å². The predicted molar refractivity (Wildman–Crippen MR) is 85.4 cm³/mol. The Morgan fingerprint density at radius 3 is 2.50 bits per heavy atom. The molecule has 1 nitrogen and oxygen atoms in total. The summed E-state index contributed by atoms with van der Waals surface area (Å²) in [6, 6.07) is 0.777. The van der Waals surface area contributed by atoms with Gasteiger partial charge in [-0.3, -0.25) is 0 Å². The third-order valence-corrected chi connectivity index (χ3v) is 5.16. The lowest BCUT2D eigenvalue weighted by Crippen LogP contribution is -2.34. The van der Waals surface area contributed by atoms with E-state index in [0.29, 0.717) is 0 Å². The van der Waals surface area contributed by atoms with Crippen LogP contribution in [0, 0.1) is 11.8 Å². The van der Waals surface area contributed by atoms with E-state index in [9.17, 15) is 0 Å². The van der Waals surface area contributed by atoms with E-state index in [0.717, 1.165) is 17.9 Å². The summed E-state index contributed by atoms with van der Waals surface area (Å²) in [6.45, 7) is 8.21. The Labute approximate surface area is 119 Å². The molecule has 0 saturated carbocycles. The third kappa shape index (κ3) is 7.04. The van der Waals surface area contributed by atoms with Crippen molar-refractivity contribution in [1.82, 2.24) is 5.32 Å². The molecule has 0 bridgehead atoms. The van der Waals surface area contributed by atoms with Gasteiger partial charge in [0.1, 0.15) is 0 Å². The fraction of sp³-hybridized carbons (Fsp3) is 1.00. The van der Waals surface area contributed by atoms with Gasteiger partial charge in [-0.25, -0.2) is 0 Å². The van der Waals surface area contributed by atoms with Crippen LogP contribution in [0.4, 0.5) is 0 Å². The molecule has 1 aliphatic rings. The lowest BCUT2D eigenvalue weighted by molar-refractivity contribution is 0.311. The molecule has 0 aliphatic carbocycles. The summed E-state index contributed by atoms with van der Waals surface area (Å²) >= 11 is 2.15. The van der Waals surface area contributed by atoms with Gasteiger partial charge in [0.15, 0.2) is 0 Å². The van der Waals surface area contributed by atoms with Gasteiger partial charge in [-0.15, -0.1) is 0 Å². The van der Waals surface area contributed by atoms with Crippen LogP contribution in [0.1, 0.15) is 65.7 Å². The molecular formula is C16H33NS. The second-order valence-corrected chi connectivity index (χ2v) is 7.30. The van der Waals surface area contributed by atoms with E-state index in [4.69, 9.17) is 0 Å². The summed E-state index contributed by atoms with van der Waals surface area (Å²) in [6.07, 6.45) is 9.71. The molecule has 0 radical (unpaired) electrons. The van der Waals surface area contributed by atoms with Crippen molar-refractivity contribution < 1.29 is 0 Å². The normalized spacial score (nSPS) is 20.8. The SMILES string of the molecule is CCCNC(CC(C)CCC)CC1CCSCC1. The summed E-state index contributed by atoms with van der Waals surface area (Å²) in [5, 5.41) is 3.80. The summed E-state index contributed by atoms with van der Waals surface area (Å²) in [5.74, 6) is 4.68. The zero-order chi connectivity index (χ0) is 13.2. The lowest BCUT2D eigenvalue weighted by Gasteiger charge is -2.28. The summed E-state index contributed by atoms with van der Waals surface area (Å²) in [4.78, 5) is 0. The summed E-state index contributed by atoms with van der Waals surface area (Å²) in [7, 11) is 0. The first-order valence-electron chi connectivity index (χ1n) is 8.07.